The smallest absolute Gasteiger partial charge is 0.292 e. The quantitative estimate of drug-likeness (QED) is 0.433. The maximum atomic E-state index is 15.2. The second-order valence-corrected chi connectivity index (χ2v) is 9.91. The van der Waals surface area contributed by atoms with E-state index in [2.05, 4.69) is 25.7 Å². The molecule has 4 aromatic rings. The van der Waals surface area contributed by atoms with Crippen molar-refractivity contribution in [1.29, 1.82) is 0 Å². The van der Waals surface area contributed by atoms with Gasteiger partial charge < -0.3 is 14.7 Å². The van der Waals surface area contributed by atoms with E-state index in [1.165, 1.54) is 0 Å². The number of carbonyl (C=O) groups excluding carboxylic acids is 1. The Balaban J connectivity index is 0.00000156. The van der Waals surface area contributed by atoms with Crippen molar-refractivity contribution in [3.05, 3.63) is 42.6 Å². The predicted octanol–water partition coefficient (Wildman–Crippen LogP) is 3.43. The Kier molecular flexibility index (Phi) is 7.55. The SMILES string of the molecule is CC.Cn1cc(-c2cn3nccc3c(N3CCC(CNC(=O)c4noc(C(C)(C)C)n4)C(F)C3)n2)cn1. The maximum absolute atomic E-state index is 15.2. The van der Waals surface area contributed by atoms with Gasteiger partial charge in [0.05, 0.1) is 30.8 Å². The van der Waals surface area contributed by atoms with Crippen LogP contribution < -0.4 is 10.2 Å². The topological polar surface area (TPSA) is 119 Å². The van der Waals surface area contributed by atoms with E-state index in [4.69, 9.17) is 9.51 Å². The molecule has 1 N–H and O–H groups in total. The van der Waals surface area contributed by atoms with Gasteiger partial charge in [0.1, 0.15) is 11.7 Å². The van der Waals surface area contributed by atoms with Crippen molar-refractivity contribution in [2.24, 2.45) is 13.0 Å². The van der Waals surface area contributed by atoms with Crippen LogP contribution in [0.3, 0.4) is 0 Å². The number of nitrogens with zero attached hydrogens (tertiary/aromatic N) is 8. The number of nitrogens with one attached hydrogen (secondary N) is 1. The summed E-state index contributed by atoms with van der Waals surface area (Å²) in [5, 5.41) is 15.1. The van der Waals surface area contributed by atoms with Crippen LogP contribution in [0, 0.1) is 5.92 Å². The maximum Gasteiger partial charge on any atom is 0.292 e. The van der Waals surface area contributed by atoms with Gasteiger partial charge in [0, 0.05) is 43.2 Å². The van der Waals surface area contributed by atoms with Crippen molar-refractivity contribution in [3.8, 4) is 11.3 Å². The largest absolute Gasteiger partial charge is 0.352 e. The lowest BCUT2D eigenvalue weighted by Gasteiger charge is -2.35. The van der Waals surface area contributed by atoms with Crippen molar-refractivity contribution in [2.75, 3.05) is 24.5 Å². The van der Waals surface area contributed by atoms with Gasteiger partial charge in [-0.05, 0) is 12.5 Å². The third-order valence-corrected chi connectivity index (χ3v) is 6.14. The van der Waals surface area contributed by atoms with E-state index < -0.39 is 12.1 Å². The molecule has 12 heteroatoms. The molecule has 2 atom stereocenters. The molecular formula is C25H34FN9O2. The van der Waals surface area contributed by atoms with Crippen LogP contribution in [0.2, 0.25) is 0 Å². The van der Waals surface area contributed by atoms with Crippen LogP contribution in [-0.2, 0) is 12.5 Å². The molecule has 1 aliphatic rings. The van der Waals surface area contributed by atoms with Crippen molar-refractivity contribution < 1.29 is 13.7 Å². The Morgan fingerprint density at radius 2 is 2.00 bits per heavy atom. The number of hydrogen-bond donors (Lipinski definition) is 1. The van der Waals surface area contributed by atoms with E-state index >= 15 is 4.39 Å². The summed E-state index contributed by atoms with van der Waals surface area (Å²) >= 11 is 0. The van der Waals surface area contributed by atoms with Crippen LogP contribution in [0.15, 0.2) is 35.4 Å². The number of amides is 1. The van der Waals surface area contributed by atoms with Gasteiger partial charge in [0.2, 0.25) is 5.89 Å². The normalized spacial score (nSPS) is 18.0. The molecule has 5 rings (SSSR count). The lowest BCUT2D eigenvalue weighted by Crippen LogP contribution is -2.46. The first-order chi connectivity index (χ1) is 17.7. The number of aromatic nitrogens is 7. The molecule has 0 aromatic carbocycles. The van der Waals surface area contributed by atoms with Crippen molar-refractivity contribution in [3.63, 3.8) is 0 Å². The standard InChI is InChI=1S/C23H28FN9O2.C2H6/c1-23(2,3)22-29-19(30-35-22)21(34)25-9-14-6-8-32(12-16(14)24)20-18-5-7-26-33(18)13-17(28-20)15-10-27-31(4)11-15;1-2/h5,7,10-11,13-14,16H,6,8-9,12H2,1-4H3,(H,25,34);1-2H3. The molecule has 198 valence electrons. The Bertz CT molecular complexity index is 1350. The number of fused-ring (bicyclic) bond motifs is 1. The van der Waals surface area contributed by atoms with E-state index in [0.29, 0.717) is 30.4 Å². The second kappa shape index (κ2) is 10.7. The summed E-state index contributed by atoms with van der Waals surface area (Å²) in [6, 6.07) is 1.87. The van der Waals surface area contributed by atoms with Gasteiger partial charge in [0.25, 0.3) is 11.7 Å². The molecule has 4 aromatic heterocycles. The third-order valence-electron chi connectivity index (χ3n) is 6.14. The van der Waals surface area contributed by atoms with Gasteiger partial charge in [-0.25, -0.2) is 13.9 Å². The monoisotopic (exact) mass is 511 g/mol. The molecule has 2 unspecified atom stereocenters. The van der Waals surface area contributed by atoms with E-state index in [-0.39, 0.29) is 30.2 Å². The first-order valence-corrected chi connectivity index (χ1v) is 12.5. The van der Waals surface area contributed by atoms with Crippen LogP contribution in [0.4, 0.5) is 10.2 Å². The van der Waals surface area contributed by atoms with Gasteiger partial charge in [0.15, 0.2) is 5.82 Å². The van der Waals surface area contributed by atoms with Crippen molar-refractivity contribution in [2.45, 2.75) is 52.6 Å². The summed E-state index contributed by atoms with van der Waals surface area (Å²) in [7, 11) is 1.84. The van der Waals surface area contributed by atoms with E-state index in [1.807, 2.05) is 65.0 Å². The fraction of sp³-hybridized carbons (Fsp3) is 0.520. The summed E-state index contributed by atoms with van der Waals surface area (Å²) in [4.78, 5) is 23.4. The molecule has 0 radical (unpaired) electrons. The molecule has 0 bridgehead atoms. The Morgan fingerprint density at radius 3 is 2.65 bits per heavy atom. The molecule has 1 fully saturated rings. The first kappa shape index (κ1) is 26.2. The molecule has 37 heavy (non-hydrogen) atoms. The number of alkyl halides is 1. The summed E-state index contributed by atoms with van der Waals surface area (Å²) in [6.45, 7) is 10.7. The number of aryl methyl sites for hydroxylation is 1. The van der Waals surface area contributed by atoms with E-state index in [1.54, 1.807) is 21.6 Å². The fourth-order valence-electron chi connectivity index (χ4n) is 4.13. The minimum Gasteiger partial charge on any atom is -0.352 e. The van der Waals surface area contributed by atoms with E-state index in [9.17, 15) is 4.79 Å². The highest BCUT2D eigenvalue weighted by Gasteiger charge is 2.32. The third kappa shape index (κ3) is 5.62. The molecule has 0 aliphatic carbocycles. The highest BCUT2D eigenvalue weighted by Crippen LogP contribution is 2.29. The number of carbonyl (C=O) groups is 1. The summed E-state index contributed by atoms with van der Waals surface area (Å²) in [6.07, 6.45) is 6.57. The van der Waals surface area contributed by atoms with Crippen LogP contribution in [0.5, 0.6) is 0 Å². The van der Waals surface area contributed by atoms with Crippen molar-refractivity contribution in [1.82, 2.24) is 39.8 Å². The first-order valence-electron chi connectivity index (χ1n) is 12.5. The zero-order valence-corrected chi connectivity index (χ0v) is 22.1. The van der Waals surface area contributed by atoms with Crippen LogP contribution in [0.1, 0.15) is 57.5 Å². The van der Waals surface area contributed by atoms with E-state index in [0.717, 1.165) is 11.1 Å². The van der Waals surface area contributed by atoms with Gasteiger partial charge >= 0.3 is 0 Å². The second-order valence-electron chi connectivity index (χ2n) is 9.91. The Morgan fingerprint density at radius 1 is 1.22 bits per heavy atom. The average Bonchev–Trinajstić information content (AvgIpc) is 3.64. The lowest BCUT2D eigenvalue weighted by atomic mass is 9.94. The molecule has 1 saturated heterocycles. The van der Waals surface area contributed by atoms with Gasteiger partial charge in [-0.15, -0.1) is 0 Å². The Labute approximate surface area is 215 Å². The van der Waals surface area contributed by atoms with Crippen LogP contribution in [-0.4, -0.2) is 66.2 Å². The van der Waals surface area contributed by atoms with Gasteiger partial charge in [-0.2, -0.15) is 15.2 Å². The summed E-state index contributed by atoms with van der Waals surface area (Å²) in [5.41, 5.74) is 2.02. The van der Waals surface area contributed by atoms with Crippen LogP contribution >= 0.6 is 0 Å². The van der Waals surface area contributed by atoms with Gasteiger partial charge in [-0.3, -0.25) is 9.48 Å². The number of piperidine rings is 1. The van der Waals surface area contributed by atoms with Gasteiger partial charge in [-0.1, -0.05) is 39.8 Å². The molecule has 0 spiro atoms. The van der Waals surface area contributed by atoms with Crippen molar-refractivity contribution >= 4 is 17.2 Å². The molecular weight excluding hydrogens is 477 g/mol. The molecule has 5 heterocycles. The number of anilines is 1. The molecule has 11 nitrogen and oxygen atoms in total. The number of hydrogen-bond acceptors (Lipinski definition) is 8. The number of halogens is 1. The summed E-state index contributed by atoms with van der Waals surface area (Å²) in [5.74, 6) is 0.224. The molecule has 1 amide bonds. The zero-order chi connectivity index (χ0) is 26.7. The highest BCUT2D eigenvalue weighted by molar-refractivity contribution is 5.90. The Hall–Kier alpha value is -3.83. The average molecular weight is 512 g/mol. The molecule has 0 saturated carbocycles. The number of rotatable bonds is 5. The predicted molar refractivity (Wildman–Crippen MR) is 137 cm³/mol. The molecule has 1 aliphatic heterocycles. The summed E-state index contributed by atoms with van der Waals surface area (Å²) < 4.78 is 23.9. The zero-order valence-electron chi connectivity index (χ0n) is 22.1. The minimum atomic E-state index is -1.15. The fourth-order valence-corrected chi connectivity index (χ4v) is 4.13. The lowest BCUT2D eigenvalue weighted by molar-refractivity contribution is 0.0918. The minimum absolute atomic E-state index is 0.0395. The van der Waals surface area contributed by atoms with Crippen LogP contribution in [0.25, 0.3) is 16.8 Å². The highest BCUT2D eigenvalue weighted by atomic mass is 19.1.